The van der Waals surface area contributed by atoms with E-state index < -0.39 is 10.0 Å². The molecule has 1 heterocycles. The van der Waals surface area contributed by atoms with Crippen LogP contribution in [0.5, 0.6) is 0 Å². The molecule has 0 spiro atoms. The van der Waals surface area contributed by atoms with Crippen molar-refractivity contribution in [3.8, 4) is 11.1 Å². The average Bonchev–Trinajstić information content (AvgIpc) is 2.71. The van der Waals surface area contributed by atoms with Gasteiger partial charge in [-0.15, -0.1) is 0 Å². The Balaban J connectivity index is 1.70. The largest absolute Gasteiger partial charge is 0.352 e. The summed E-state index contributed by atoms with van der Waals surface area (Å²) in [5.74, 6) is -0.236. The number of hydrogen-bond acceptors (Lipinski definition) is 3. The molecular formula is C22H26N2O3S. The maximum Gasteiger partial charge on any atom is 0.265 e. The van der Waals surface area contributed by atoms with Gasteiger partial charge in [0.05, 0.1) is 10.6 Å². The Morgan fingerprint density at radius 2 is 1.82 bits per heavy atom. The van der Waals surface area contributed by atoms with E-state index in [1.54, 1.807) is 12.1 Å². The minimum atomic E-state index is -3.78. The van der Waals surface area contributed by atoms with Crippen molar-refractivity contribution in [1.82, 2.24) is 5.32 Å². The van der Waals surface area contributed by atoms with Crippen LogP contribution in [-0.4, -0.2) is 26.9 Å². The summed E-state index contributed by atoms with van der Waals surface area (Å²) < 4.78 is 27.9. The minimum absolute atomic E-state index is 0.156. The van der Waals surface area contributed by atoms with Gasteiger partial charge in [-0.05, 0) is 43.0 Å². The summed E-state index contributed by atoms with van der Waals surface area (Å²) in [4.78, 5) is 13.0. The van der Waals surface area contributed by atoms with Crippen molar-refractivity contribution in [2.24, 2.45) is 0 Å². The highest BCUT2D eigenvalue weighted by atomic mass is 32.2. The topological polar surface area (TPSA) is 66.5 Å². The number of anilines is 1. The molecule has 5 nitrogen and oxygen atoms in total. The van der Waals surface area contributed by atoms with E-state index in [0.29, 0.717) is 11.3 Å². The normalized spacial score (nSPS) is 18.2. The van der Waals surface area contributed by atoms with E-state index in [1.807, 2.05) is 30.3 Å². The van der Waals surface area contributed by atoms with Gasteiger partial charge in [0.2, 0.25) is 5.91 Å². The molecule has 2 aromatic rings. The number of nitrogens with one attached hydrogen (secondary N) is 1. The van der Waals surface area contributed by atoms with E-state index >= 15 is 0 Å². The molecule has 0 saturated heterocycles. The fourth-order valence-corrected chi connectivity index (χ4v) is 5.87. The summed E-state index contributed by atoms with van der Waals surface area (Å²) in [6, 6.07) is 13.0. The Kier molecular flexibility index (Phi) is 5.15. The van der Waals surface area contributed by atoms with Crippen molar-refractivity contribution in [3.05, 3.63) is 48.0 Å². The number of carbonyl (C=O) groups is 1. The first-order valence-corrected chi connectivity index (χ1v) is 11.5. The van der Waals surface area contributed by atoms with Gasteiger partial charge in [-0.3, -0.25) is 9.10 Å². The molecule has 0 aromatic heterocycles. The van der Waals surface area contributed by atoms with Crippen molar-refractivity contribution >= 4 is 21.6 Å². The van der Waals surface area contributed by atoms with Crippen LogP contribution in [0.4, 0.5) is 5.69 Å². The first kappa shape index (κ1) is 19.0. The molecular weight excluding hydrogens is 372 g/mol. The lowest BCUT2D eigenvalue weighted by Crippen LogP contribution is -2.45. The van der Waals surface area contributed by atoms with Gasteiger partial charge in [0.1, 0.15) is 6.54 Å². The maximum atomic E-state index is 13.3. The molecule has 2 aromatic carbocycles. The van der Waals surface area contributed by atoms with Crippen LogP contribution < -0.4 is 9.62 Å². The van der Waals surface area contributed by atoms with Crippen molar-refractivity contribution < 1.29 is 13.2 Å². The highest BCUT2D eigenvalue weighted by molar-refractivity contribution is 7.93. The van der Waals surface area contributed by atoms with E-state index in [4.69, 9.17) is 0 Å². The van der Waals surface area contributed by atoms with Crippen molar-refractivity contribution in [2.45, 2.75) is 56.4 Å². The number of benzene rings is 2. The van der Waals surface area contributed by atoms with E-state index in [1.165, 1.54) is 10.7 Å². The van der Waals surface area contributed by atoms with E-state index in [0.717, 1.165) is 43.2 Å². The molecule has 0 bridgehead atoms. The predicted molar refractivity (Wildman–Crippen MR) is 111 cm³/mol. The smallest absolute Gasteiger partial charge is 0.265 e. The monoisotopic (exact) mass is 398 g/mol. The van der Waals surface area contributed by atoms with Crippen LogP contribution in [-0.2, 0) is 21.2 Å². The van der Waals surface area contributed by atoms with Crippen LogP contribution in [0.2, 0.25) is 0 Å². The van der Waals surface area contributed by atoms with Gasteiger partial charge in [0.15, 0.2) is 0 Å². The summed E-state index contributed by atoms with van der Waals surface area (Å²) >= 11 is 0. The molecule has 1 saturated carbocycles. The summed E-state index contributed by atoms with van der Waals surface area (Å²) in [6.45, 7) is 1.88. The molecule has 1 amide bonds. The molecule has 28 heavy (non-hydrogen) atoms. The number of aryl methyl sites for hydroxylation is 1. The second-order valence-corrected chi connectivity index (χ2v) is 9.45. The SMILES string of the molecule is CCc1ccc2c(c1)-c1ccccc1S(=O)(=O)N2CC(=O)NC1CCCCC1. The molecule has 4 rings (SSSR count). The Hall–Kier alpha value is -2.34. The van der Waals surface area contributed by atoms with Gasteiger partial charge >= 0.3 is 0 Å². The Bertz CT molecular complexity index is 995. The van der Waals surface area contributed by atoms with Crippen LogP contribution in [0.25, 0.3) is 11.1 Å². The molecule has 0 radical (unpaired) electrons. The van der Waals surface area contributed by atoms with E-state index in [-0.39, 0.29) is 23.4 Å². The number of amides is 1. The van der Waals surface area contributed by atoms with E-state index in [2.05, 4.69) is 12.2 Å². The van der Waals surface area contributed by atoms with Crippen molar-refractivity contribution in [1.29, 1.82) is 0 Å². The van der Waals surface area contributed by atoms with Crippen LogP contribution in [0.1, 0.15) is 44.6 Å². The lowest BCUT2D eigenvalue weighted by molar-refractivity contribution is -0.120. The van der Waals surface area contributed by atoms with Crippen LogP contribution in [0.3, 0.4) is 0 Å². The lowest BCUT2D eigenvalue weighted by atomic mass is 9.95. The highest BCUT2D eigenvalue weighted by Crippen LogP contribution is 2.43. The van der Waals surface area contributed by atoms with Gasteiger partial charge < -0.3 is 5.32 Å². The molecule has 2 aliphatic rings. The van der Waals surface area contributed by atoms with E-state index in [9.17, 15) is 13.2 Å². The van der Waals surface area contributed by atoms with Gasteiger partial charge in [0, 0.05) is 17.2 Å². The third-order valence-electron chi connectivity index (χ3n) is 5.74. The summed E-state index contributed by atoms with van der Waals surface area (Å²) in [6.07, 6.45) is 6.24. The summed E-state index contributed by atoms with van der Waals surface area (Å²) in [5.41, 5.74) is 3.29. The molecule has 1 aliphatic heterocycles. The number of nitrogens with zero attached hydrogens (tertiary/aromatic N) is 1. The molecule has 0 atom stereocenters. The third kappa shape index (κ3) is 3.41. The zero-order valence-electron chi connectivity index (χ0n) is 16.1. The number of hydrogen-bond donors (Lipinski definition) is 1. The second kappa shape index (κ2) is 7.59. The third-order valence-corrected chi connectivity index (χ3v) is 7.56. The Morgan fingerprint density at radius 3 is 2.57 bits per heavy atom. The number of rotatable bonds is 4. The first-order chi connectivity index (χ1) is 13.5. The standard InChI is InChI=1S/C22H26N2O3S/c1-2-16-12-13-20-19(14-16)18-10-6-7-11-21(18)28(26,27)24(20)15-22(25)23-17-8-4-3-5-9-17/h6-7,10-14,17H,2-5,8-9,15H2,1H3,(H,23,25). The van der Waals surface area contributed by atoms with Gasteiger partial charge in [-0.2, -0.15) is 0 Å². The molecule has 148 valence electrons. The molecule has 0 unspecified atom stereocenters. The van der Waals surface area contributed by atoms with Gasteiger partial charge in [-0.25, -0.2) is 8.42 Å². The maximum absolute atomic E-state index is 13.3. The lowest BCUT2D eigenvalue weighted by Gasteiger charge is -2.32. The zero-order valence-corrected chi connectivity index (χ0v) is 17.0. The summed E-state index contributed by atoms with van der Waals surface area (Å²) in [7, 11) is -3.78. The molecule has 1 aliphatic carbocycles. The van der Waals surface area contributed by atoms with Crippen LogP contribution in [0, 0.1) is 0 Å². The highest BCUT2D eigenvalue weighted by Gasteiger charge is 2.36. The van der Waals surface area contributed by atoms with Gasteiger partial charge in [-0.1, -0.05) is 50.5 Å². The summed E-state index contributed by atoms with van der Waals surface area (Å²) in [5, 5.41) is 3.04. The van der Waals surface area contributed by atoms with Crippen LogP contribution >= 0.6 is 0 Å². The fraction of sp³-hybridized carbons (Fsp3) is 0.409. The van der Waals surface area contributed by atoms with Crippen LogP contribution in [0.15, 0.2) is 47.4 Å². The number of fused-ring (bicyclic) bond motifs is 3. The number of carbonyl (C=O) groups excluding carboxylic acids is 1. The molecule has 1 fully saturated rings. The molecule has 1 N–H and O–H groups in total. The zero-order chi connectivity index (χ0) is 19.7. The Morgan fingerprint density at radius 1 is 1.07 bits per heavy atom. The Labute approximate surface area is 166 Å². The second-order valence-electron chi connectivity index (χ2n) is 7.62. The van der Waals surface area contributed by atoms with Crippen molar-refractivity contribution in [2.75, 3.05) is 10.8 Å². The molecule has 6 heteroatoms. The van der Waals surface area contributed by atoms with Gasteiger partial charge in [0.25, 0.3) is 10.0 Å². The fourth-order valence-electron chi connectivity index (χ4n) is 4.22. The minimum Gasteiger partial charge on any atom is -0.352 e. The first-order valence-electron chi connectivity index (χ1n) is 10.0. The number of sulfonamides is 1. The van der Waals surface area contributed by atoms with Crippen molar-refractivity contribution in [3.63, 3.8) is 0 Å². The quantitative estimate of drug-likeness (QED) is 0.850. The average molecular weight is 399 g/mol. The predicted octanol–water partition coefficient (Wildman–Crippen LogP) is 3.87.